The lowest BCUT2D eigenvalue weighted by Gasteiger charge is -2.11. The first kappa shape index (κ1) is 20.6. The number of phenolic OH excluding ortho intramolecular Hbond substituents is 1. The van der Waals surface area contributed by atoms with Crippen LogP contribution in [0.1, 0.15) is 0 Å². The molecule has 0 radical (unpaired) electrons. The van der Waals surface area contributed by atoms with Gasteiger partial charge in [-0.15, -0.1) is 0 Å². The van der Waals surface area contributed by atoms with Crippen molar-refractivity contribution in [1.29, 1.82) is 0 Å². The highest BCUT2D eigenvalue weighted by Crippen LogP contribution is 2.29. The number of carbonyl (C=O) groups is 2. The van der Waals surface area contributed by atoms with Crippen molar-refractivity contribution in [3.63, 3.8) is 0 Å². The molecule has 0 fully saturated rings. The summed E-state index contributed by atoms with van der Waals surface area (Å²) < 4.78 is 11.5. The Balaban J connectivity index is 1.65. The number of hydrogen-bond donors (Lipinski definition) is 3. The zero-order valence-corrected chi connectivity index (χ0v) is 16.3. The Morgan fingerprint density at radius 3 is 2.40 bits per heavy atom. The molecular weight excluding hydrogens is 392 g/mol. The first-order chi connectivity index (χ1) is 14.4. The molecule has 10 nitrogen and oxygen atoms in total. The highest BCUT2D eigenvalue weighted by Gasteiger charge is 2.13. The number of nitrogens with one attached hydrogen (secondary N) is 2. The fourth-order valence-electron chi connectivity index (χ4n) is 2.74. The summed E-state index contributed by atoms with van der Waals surface area (Å²) in [5.41, 5.74) is 0.457. The molecule has 3 N–H and O–H groups in total. The van der Waals surface area contributed by atoms with E-state index in [-0.39, 0.29) is 24.2 Å². The summed E-state index contributed by atoms with van der Waals surface area (Å²) in [5.74, 6) is -0.0923. The lowest BCUT2D eigenvalue weighted by molar-refractivity contribution is -0.124. The molecule has 0 saturated carbocycles. The minimum atomic E-state index is -0.528. The van der Waals surface area contributed by atoms with Crippen LogP contribution in [0.15, 0.2) is 47.5 Å². The van der Waals surface area contributed by atoms with E-state index in [2.05, 4.69) is 15.6 Å². The summed E-state index contributed by atoms with van der Waals surface area (Å²) >= 11 is 0. The minimum absolute atomic E-state index is 0.0757. The molecule has 0 bridgehead atoms. The number of methoxy groups -OCH3 is 2. The number of fused-ring (bicyclic) bond motifs is 1. The van der Waals surface area contributed by atoms with Gasteiger partial charge in [0.05, 0.1) is 38.0 Å². The number of carbonyl (C=O) groups excluding carboxylic acids is 2. The topological polar surface area (TPSA) is 132 Å². The summed E-state index contributed by atoms with van der Waals surface area (Å²) in [4.78, 5) is 41.0. The van der Waals surface area contributed by atoms with Crippen molar-refractivity contribution in [3.8, 4) is 17.2 Å². The number of phenols is 1. The van der Waals surface area contributed by atoms with E-state index < -0.39 is 17.4 Å². The summed E-state index contributed by atoms with van der Waals surface area (Å²) in [6.45, 7) is -0.580. The van der Waals surface area contributed by atoms with E-state index in [0.29, 0.717) is 22.7 Å². The molecule has 0 atom stereocenters. The quantitative estimate of drug-likeness (QED) is 0.491. The number of anilines is 1. The summed E-state index contributed by atoms with van der Waals surface area (Å²) in [6, 6.07) is 8.99. The molecule has 0 aliphatic rings. The Hall–Kier alpha value is -4.08. The molecule has 0 spiro atoms. The minimum Gasteiger partial charge on any atom is -0.508 e. The van der Waals surface area contributed by atoms with E-state index in [1.54, 1.807) is 6.07 Å². The Morgan fingerprint density at radius 2 is 1.73 bits per heavy atom. The van der Waals surface area contributed by atoms with E-state index in [4.69, 9.17) is 9.47 Å². The van der Waals surface area contributed by atoms with Gasteiger partial charge in [-0.1, -0.05) is 0 Å². The predicted molar refractivity (Wildman–Crippen MR) is 109 cm³/mol. The van der Waals surface area contributed by atoms with Crippen molar-refractivity contribution < 1.29 is 24.2 Å². The van der Waals surface area contributed by atoms with Crippen LogP contribution >= 0.6 is 0 Å². The average Bonchev–Trinajstić information content (AvgIpc) is 2.75. The lowest BCUT2D eigenvalue weighted by Crippen LogP contribution is -2.37. The SMILES string of the molecule is COc1cc2ncn(CC(=O)NCC(=O)Nc3ccc(O)cc3)c(=O)c2cc1OC. The van der Waals surface area contributed by atoms with Crippen molar-refractivity contribution >= 4 is 28.4 Å². The molecule has 0 unspecified atom stereocenters. The van der Waals surface area contributed by atoms with Gasteiger partial charge in [0, 0.05) is 11.8 Å². The Bertz CT molecular complexity index is 1140. The third kappa shape index (κ3) is 4.66. The average molecular weight is 412 g/mol. The molecule has 3 aromatic rings. The van der Waals surface area contributed by atoms with Gasteiger partial charge in [0.25, 0.3) is 5.56 Å². The maximum atomic E-state index is 12.7. The molecule has 2 aromatic carbocycles. The number of hydrogen-bond acceptors (Lipinski definition) is 7. The maximum absolute atomic E-state index is 12.7. The van der Waals surface area contributed by atoms with Crippen molar-refractivity contribution in [1.82, 2.24) is 14.9 Å². The Labute approximate surface area is 171 Å². The van der Waals surface area contributed by atoms with Gasteiger partial charge in [-0.05, 0) is 30.3 Å². The first-order valence-corrected chi connectivity index (χ1v) is 8.88. The van der Waals surface area contributed by atoms with Crippen LogP contribution in [-0.4, -0.2) is 47.2 Å². The molecule has 0 aliphatic heterocycles. The van der Waals surface area contributed by atoms with Crippen LogP contribution in [0.5, 0.6) is 17.2 Å². The molecule has 0 saturated heterocycles. The number of aromatic nitrogens is 2. The molecule has 0 aliphatic carbocycles. The molecule has 1 aromatic heterocycles. The summed E-state index contributed by atoms with van der Waals surface area (Å²) in [5, 5.41) is 14.5. The van der Waals surface area contributed by atoms with Crippen LogP contribution in [0.2, 0.25) is 0 Å². The first-order valence-electron chi connectivity index (χ1n) is 8.88. The van der Waals surface area contributed by atoms with Crippen molar-refractivity contribution in [2.45, 2.75) is 6.54 Å². The normalized spacial score (nSPS) is 10.5. The second kappa shape index (κ2) is 8.95. The summed E-state index contributed by atoms with van der Waals surface area (Å²) in [7, 11) is 2.93. The molecule has 156 valence electrons. The van der Waals surface area contributed by atoms with Gasteiger partial charge in [0.2, 0.25) is 11.8 Å². The number of amides is 2. The van der Waals surface area contributed by atoms with E-state index in [0.717, 1.165) is 4.57 Å². The van der Waals surface area contributed by atoms with Crippen LogP contribution in [0, 0.1) is 0 Å². The van der Waals surface area contributed by atoms with E-state index in [1.807, 2.05) is 0 Å². The second-order valence-corrected chi connectivity index (χ2v) is 6.27. The molecule has 10 heteroatoms. The van der Waals surface area contributed by atoms with Crippen LogP contribution in [-0.2, 0) is 16.1 Å². The van der Waals surface area contributed by atoms with Crippen molar-refractivity contribution in [2.75, 3.05) is 26.1 Å². The molecule has 30 heavy (non-hydrogen) atoms. The van der Waals surface area contributed by atoms with Gasteiger partial charge in [0.1, 0.15) is 12.3 Å². The van der Waals surface area contributed by atoms with Crippen LogP contribution in [0.25, 0.3) is 10.9 Å². The van der Waals surface area contributed by atoms with Gasteiger partial charge in [-0.2, -0.15) is 0 Å². The Morgan fingerprint density at radius 1 is 1.07 bits per heavy atom. The van der Waals surface area contributed by atoms with Crippen LogP contribution in [0.4, 0.5) is 5.69 Å². The van der Waals surface area contributed by atoms with E-state index >= 15 is 0 Å². The van der Waals surface area contributed by atoms with Crippen LogP contribution in [0.3, 0.4) is 0 Å². The van der Waals surface area contributed by atoms with E-state index in [1.165, 1.54) is 50.9 Å². The number of rotatable bonds is 7. The summed E-state index contributed by atoms with van der Waals surface area (Å²) in [6.07, 6.45) is 1.26. The highest BCUT2D eigenvalue weighted by molar-refractivity contribution is 5.94. The van der Waals surface area contributed by atoms with Gasteiger partial charge in [-0.25, -0.2) is 4.98 Å². The fourth-order valence-corrected chi connectivity index (χ4v) is 2.74. The third-order valence-electron chi connectivity index (χ3n) is 4.24. The zero-order valence-electron chi connectivity index (χ0n) is 16.3. The largest absolute Gasteiger partial charge is 0.508 e. The predicted octanol–water partition coefficient (Wildman–Crippen LogP) is 0.874. The zero-order chi connectivity index (χ0) is 21.7. The highest BCUT2D eigenvalue weighted by atomic mass is 16.5. The van der Waals surface area contributed by atoms with Crippen molar-refractivity contribution in [2.24, 2.45) is 0 Å². The van der Waals surface area contributed by atoms with E-state index in [9.17, 15) is 19.5 Å². The monoisotopic (exact) mass is 412 g/mol. The molecular formula is C20H20N4O6. The van der Waals surface area contributed by atoms with Crippen molar-refractivity contribution in [3.05, 3.63) is 53.1 Å². The maximum Gasteiger partial charge on any atom is 0.261 e. The lowest BCUT2D eigenvalue weighted by atomic mass is 10.2. The van der Waals surface area contributed by atoms with Gasteiger partial charge in [-0.3, -0.25) is 19.0 Å². The standard InChI is InChI=1S/C20H20N4O6/c1-29-16-7-14-15(8-17(16)30-2)22-11-24(20(14)28)10-19(27)21-9-18(26)23-12-3-5-13(25)6-4-12/h3-8,11,25H,9-10H2,1-2H3,(H,21,27)(H,23,26). The number of nitrogens with zero attached hydrogens (tertiary/aromatic N) is 2. The number of aromatic hydroxyl groups is 1. The third-order valence-corrected chi connectivity index (χ3v) is 4.24. The Kier molecular flexibility index (Phi) is 6.16. The molecule has 1 heterocycles. The van der Waals surface area contributed by atoms with Gasteiger partial charge in [0.15, 0.2) is 11.5 Å². The van der Waals surface area contributed by atoms with Gasteiger partial charge < -0.3 is 25.2 Å². The number of ether oxygens (including phenoxy) is 2. The number of benzene rings is 2. The second-order valence-electron chi connectivity index (χ2n) is 6.27. The smallest absolute Gasteiger partial charge is 0.261 e. The van der Waals surface area contributed by atoms with Crippen LogP contribution < -0.4 is 25.7 Å². The fraction of sp³-hybridized carbons (Fsp3) is 0.200. The van der Waals surface area contributed by atoms with Gasteiger partial charge >= 0.3 is 0 Å². The molecule has 2 amide bonds. The molecule has 3 rings (SSSR count).